The van der Waals surface area contributed by atoms with E-state index in [1.807, 2.05) is 38.1 Å². The molecule has 1 fully saturated rings. The van der Waals surface area contributed by atoms with Gasteiger partial charge in [0.05, 0.1) is 0 Å². The number of pyridine rings is 1. The number of amides is 3. The molecule has 1 aliphatic heterocycles. The van der Waals surface area contributed by atoms with Crippen LogP contribution in [0.3, 0.4) is 0 Å². The summed E-state index contributed by atoms with van der Waals surface area (Å²) >= 11 is 0. The van der Waals surface area contributed by atoms with Gasteiger partial charge < -0.3 is 21.3 Å². The molecule has 28 heavy (non-hydrogen) atoms. The van der Waals surface area contributed by atoms with E-state index in [1.54, 1.807) is 17.0 Å². The molecule has 7 nitrogen and oxygen atoms in total. The smallest absolute Gasteiger partial charge is 0.317 e. The van der Waals surface area contributed by atoms with E-state index in [0.717, 1.165) is 29.7 Å². The van der Waals surface area contributed by atoms with Crippen LogP contribution in [-0.2, 0) is 0 Å². The summed E-state index contributed by atoms with van der Waals surface area (Å²) in [6.07, 6.45) is 1.51. The molecule has 2 aromatic rings. The van der Waals surface area contributed by atoms with Crippen molar-refractivity contribution in [3.8, 4) is 11.1 Å². The number of hydrogen-bond donors (Lipinski definition) is 3. The van der Waals surface area contributed by atoms with Crippen LogP contribution in [0.25, 0.3) is 11.1 Å². The average Bonchev–Trinajstić information content (AvgIpc) is 2.69. The molecule has 0 atom stereocenters. The van der Waals surface area contributed by atoms with E-state index in [0.29, 0.717) is 31.0 Å². The fourth-order valence-corrected chi connectivity index (χ4v) is 3.38. The molecule has 7 heteroatoms. The van der Waals surface area contributed by atoms with Crippen LogP contribution >= 0.6 is 0 Å². The van der Waals surface area contributed by atoms with Crippen molar-refractivity contribution in [2.45, 2.75) is 32.7 Å². The van der Waals surface area contributed by atoms with Gasteiger partial charge in [0.1, 0.15) is 5.82 Å². The molecule has 1 aromatic heterocycles. The SMILES string of the molecule is CCNC(=O)N1CCC(NC(=O)c2ccc(-c3ccc(C)nc3N)cc2)CC1. The first kappa shape index (κ1) is 19.7. The average molecular weight is 381 g/mol. The fraction of sp³-hybridized carbons (Fsp3) is 0.381. The maximum Gasteiger partial charge on any atom is 0.317 e. The molecule has 1 aromatic carbocycles. The predicted octanol–water partition coefficient (Wildman–Crippen LogP) is 2.56. The van der Waals surface area contributed by atoms with Gasteiger partial charge in [0.2, 0.25) is 0 Å². The zero-order valence-electron chi connectivity index (χ0n) is 16.4. The molecule has 1 aliphatic rings. The van der Waals surface area contributed by atoms with Crippen molar-refractivity contribution in [2.24, 2.45) is 0 Å². The minimum atomic E-state index is -0.0991. The number of nitrogens with one attached hydrogen (secondary N) is 2. The number of aryl methyl sites for hydroxylation is 1. The maximum absolute atomic E-state index is 12.5. The highest BCUT2D eigenvalue weighted by atomic mass is 16.2. The van der Waals surface area contributed by atoms with Gasteiger partial charge in [0.25, 0.3) is 5.91 Å². The van der Waals surface area contributed by atoms with Crippen molar-refractivity contribution in [3.63, 3.8) is 0 Å². The lowest BCUT2D eigenvalue weighted by molar-refractivity contribution is 0.0918. The Balaban J connectivity index is 1.57. The van der Waals surface area contributed by atoms with Crippen LogP contribution in [0.2, 0.25) is 0 Å². The summed E-state index contributed by atoms with van der Waals surface area (Å²) in [7, 11) is 0. The molecule has 2 heterocycles. The molecular formula is C21H27N5O2. The van der Waals surface area contributed by atoms with Crippen LogP contribution in [0.1, 0.15) is 35.8 Å². The zero-order chi connectivity index (χ0) is 20.1. The van der Waals surface area contributed by atoms with Crippen molar-refractivity contribution in [1.82, 2.24) is 20.5 Å². The molecule has 0 saturated carbocycles. The number of nitrogens with two attached hydrogens (primary N) is 1. The lowest BCUT2D eigenvalue weighted by Gasteiger charge is -2.32. The summed E-state index contributed by atoms with van der Waals surface area (Å²) in [6.45, 7) is 5.72. The summed E-state index contributed by atoms with van der Waals surface area (Å²) in [5, 5.41) is 5.88. The largest absolute Gasteiger partial charge is 0.383 e. The number of likely N-dealkylation sites (tertiary alicyclic amines) is 1. The number of urea groups is 1. The first-order valence-corrected chi connectivity index (χ1v) is 9.65. The highest BCUT2D eigenvalue weighted by Crippen LogP contribution is 2.25. The summed E-state index contributed by atoms with van der Waals surface area (Å²) in [5.74, 6) is 0.383. The second kappa shape index (κ2) is 8.73. The Morgan fingerprint density at radius 2 is 1.82 bits per heavy atom. The van der Waals surface area contributed by atoms with Gasteiger partial charge in [0, 0.05) is 42.5 Å². The van der Waals surface area contributed by atoms with Gasteiger partial charge in [-0.3, -0.25) is 4.79 Å². The molecule has 0 radical (unpaired) electrons. The van der Waals surface area contributed by atoms with Crippen molar-refractivity contribution < 1.29 is 9.59 Å². The van der Waals surface area contributed by atoms with Crippen molar-refractivity contribution in [3.05, 3.63) is 47.7 Å². The zero-order valence-corrected chi connectivity index (χ0v) is 16.4. The van der Waals surface area contributed by atoms with Crippen LogP contribution in [0.5, 0.6) is 0 Å². The molecule has 0 bridgehead atoms. The molecule has 0 unspecified atom stereocenters. The Morgan fingerprint density at radius 1 is 1.14 bits per heavy atom. The number of nitrogen functional groups attached to an aromatic ring is 1. The minimum absolute atomic E-state index is 0.0345. The number of carbonyl (C=O) groups excluding carboxylic acids is 2. The summed E-state index contributed by atoms with van der Waals surface area (Å²) in [5.41, 5.74) is 9.26. The molecule has 1 saturated heterocycles. The standard InChI is InChI=1S/C21H27N5O2/c1-3-23-21(28)26-12-10-17(11-13-26)25-20(27)16-7-5-15(6-8-16)18-9-4-14(2)24-19(18)22/h4-9,17H,3,10-13H2,1-2H3,(H2,22,24)(H,23,28)(H,25,27). The molecule has 0 aliphatic carbocycles. The second-order valence-electron chi connectivity index (χ2n) is 7.03. The minimum Gasteiger partial charge on any atom is -0.383 e. The summed E-state index contributed by atoms with van der Waals surface area (Å²) < 4.78 is 0. The van der Waals surface area contributed by atoms with E-state index in [1.165, 1.54) is 0 Å². The van der Waals surface area contributed by atoms with Gasteiger partial charge in [-0.2, -0.15) is 0 Å². The quantitative estimate of drug-likeness (QED) is 0.758. The van der Waals surface area contributed by atoms with Crippen molar-refractivity contribution >= 4 is 17.8 Å². The lowest BCUT2D eigenvalue weighted by atomic mass is 10.0. The summed E-state index contributed by atoms with van der Waals surface area (Å²) in [4.78, 5) is 30.5. The molecule has 3 rings (SSSR count). The van der Waals surface area contributed by atoms with E-state index in [4.69, 9.17) is 5.73 Å². The number of aromatic nitrogens is 1. The number of nitrogens with zero attached hydrogens (tertiary/aromatic N) is 2. The van der Waals surface area contributed by atoms with Crippen LogP contribution in [-0.4, -0.2) is 47.5 Å². The maximum atomic E-state index is 12.5. The fourth-order valence-electron chi connectivity index (χ4n) is 3.38. The summed E-state index contributed by atoms with van der Waals surface area (Å²) in [6, 6.07) is 11.3. The van der Waals surface area contributed by atoms with Crippen LogP contribution in [0.15, 0.2) is 36.4 Å². The highest BCUT2D eigenvalue weighted by molar-refractivity contribution is 5.95. The first-order chi connectivity index (χ1) is 13.5. The number of benzene rings is 1. The number of piperidine rings is 1. The van der Waals surface area contributed by atoms with Gasteiger partial charge in [-0.15, -0.1) is 0 Å². The van der Waals surface area contributed by atoms with Gasteiger partial charge in [0.15, 0.2) is 0 Å². The second-order valence-corrected chi connectivity index (χ2v) is 7.03. The lowest BCUT2D eigenvalue weighted by Crippen LogP contribution is -2.49. The number of carbonyl (C=O) groups is 2. The predicted molar refractivity (Wildman–Crippen MR) is 110 cm³/mol. The van der Waals surface area contributed by atoms with E-state index in [-0.39, 0.29) is 18.0 Å². The van der Waals surface area contributed by atoms with Gasteiger partial charge in [-0.25, -0.2) is 9.78 Å². The Kier molecular flexibility index (Phi) is 6.13. The van der Waals surface area contributed by atoms with Crippen LogP contribution in [0, 0.1) is 6.92 Å². The van der Waals surface area contributed by atoms with E-state index in [9.17, 15) is 9.59 Å². The van der Waals surface area contributed by atoms with E-state index >= 15 is 0 Å². The number of anilines is 1. The third kappa shape index (κ3) is 4.60. The van der Waals surface area contributed by atoms with Crippen molar-refractivity contribution in [2.75, 3.05) is 25.4 Å². The molecular weight excluding hydrogens is 354 g/mol. The topological polar surface area (TPSA) is 100 Å². The van der Waals surface area contributed by atoms with Gasteiger partial charge >= 0.3 is 6.03 Å². The molecule has 4 N–H and O–H groups in total. The van der Waals surface area contributed by atoms with E-state index in [2.05, 4.69) is 15.6 Å². The molecule has 0 spiro atoms. The highest BCUT2D eigenvalue weighted by Gasteiger charge is 2.23. The normalized spacial score (nSPS) is 14.6. The number of hydrogen-bond acceptors (Lipinski definition) is 4. The molecule has 148 valence electrons. The third-order valence-corrected chi connectivity index (χ3v) is 4.97. The van der Waals surface area contributed by atoms with Crippen LogP contribution in [0.4, 0.5) is 10.6 Å². The number of rotatable bonds is 4. The van der Waals surface area contributed by atoms with Crippen LogP contribution < -0.4 is 16.4 Å². The Morgan fingerprint density at radius 3 is 2.43 bits per heavy atom. The van der Waals surface area contributed by atoms with Crippen molar-refractivity contribution in [1.29, 1.82) is 0 Å². The Bertz CT molecular complexity index is 842. The Hall–Kier alpha value is -3.09. The Labute approximate surface area is 165 Å². The third-order valence-electron chi connectivity index (χ3n) is 4.97. The van der Waals surface area contributed by atoms with Gasteiger partial charge in [-0.1, -0.05) is 12.1 Å². The van der Waals surface area contributed by atoms with E-state index < -0.39 is 0 Å². The van der Waals surface area contributed by atoms with Gasteiger partial charge in [-0.05, 0) is 56.5 Å². The first-order valence-electron chi connectivity index (χ1n) is 9.65. The molecule has 3 amide bonds. The monoisotopic (exact) mass is 381 g/mol.